The van der Waals surface area contributed by atoms with E-state index < -0.39 is 33.7 Å². The zero-order chi connectivity index (χ0) is 17.7. The molecule has 1 unspecified atom stereocenters. The van der Waals surface area contributed by atoms with E-state index in [1.54, 1.807) is 0 Å². The van der Waals surface area contributed by atoms with Gasteiger partial charge >= 0.3 is 16.1 Å². The minimum Gasteiger partial charge on any atom is -0.369 e. The van der Waals surface area contributed by atoms with E-state index in [1.807, 2.05) is 6.92 Å². The van der Waals surface area contributed by atoms with Crippen LogP contribution in [-0.4, -0.2) is 26.0 Å². The lowest BCUT2D eigenvalue weighted by Gasteiger charge is -2.13. The van der Waals surface area contributed by atoms with Crippen molar-refractivity contribution in [2.75, 3.05) is 5.75 Å². The van der Waals surface area contributed by atoms with Gasteiger partial charge in [0.05, 0.1) is 5.92 Å². The maximum Gasteiger partial charge on any atom is 0.325 e. The highest BCUT2D eigenvalue weighted by molar-refractivity contribution is 7.87. The van der Waals surface area contributed by atoms with Crippen molar-refractivity contribution in [2.45, 2.75) is 78.1 Å². The summed E-state index contributed by atoms with van der Waals surface area (Å²) in [5, 5.41) is 0. The Kier molecular flexibility index (Phi) is 11.7. The Balaban J connectivity index is 4.00. The summed E-state index contributed by atoms with van der Waals surface area (Å²) in [5.41, 5.74) is 4.81. The third-order valence-electron chi connectivity index (χ3n) is 3.76. The van der Waals surface area contributed by atoms with Crippen molar-refractivity contribution >= 4 is 22.0 Å². The summed E-state index contributed by atoms with van der Waals surface area (Å²) >= 11 is 0. The highest BCUT2D eigenvalue weighted by Gasteiger charge is 2.25. The Morgan fingerprint density at radius 1 is 0.957 bits per heavy atom. The molecule has 0 spiro atoms. The van der Waals surface area contributed by atoms with E-state index >= 15 is 0 Å². The Bertz CT molecular complexity index is 447. The van der Waals surface area contributed by atoms with Gasteiger partial charge in [-0.25, -0.2) is 0 Å². The van der Waals surface area contributed by atoms with Gasteiger partial charge in [0, 0.05) is 0 Å². The van der Waals surface area contributed by atoms with Crippen LogP contribution in [0.4, 0.5) is 0 Å². The van der Waals surface area contributed by atoms with Crippen LogP contribution in [0.3, 0.4) is 0 Å². The molecule has 0 radical (unpaired) electrons. The molecule has 0 bridgehead atoms. The van der Waals surface area contributed by atoms with Crippen LogP contribution in [0.15, 0.2) is 0 Å². The number of carbonyl (C=O) groups is 2. The van der Waals surface area contributed by atoms with E-state index in [4.69, 9.17) is 5.73 Å². The van der Waals surface area contributed by atoms with Crippen LogP contribution in [0.1, 0.15) is 78.1 Å². The van der Waals surface area contributed by atoms with E-state index in [9.17, 15) is 18.0 Å². The maximum absolute atomic E-state index is 11.9. The zero-order valence-electron chi connectivity index (χ0n) is 14.4. The predicted molar refractivity (Wildman–Crippen MR) is 90.1 cm³/mol. The fourth-order valence-corrected chi connectivity index (χ4v) is 3.20. The largest absolute Gasteiger partial charge is 0.369 e. The van der Waals surface area contributed by atoms with E-state index in [-0.39, 0.29) is 0 Å². The summed E-state index contributed by atoms with van der Waals surface area (Å²) in [5.74, 6) is -3.23. The topological polar surface area (TPSA) is 104 Å². The summed E-state index contributed by atoms with van der Waals surface area (Å²) in [4.78, 5) is 22.5. The summed E-state index contributed by atoms with van der Waals surface area (Å²) in [7, 11) is -4.21. The van der Waals surface area contributed by atoms with Gasteiger partial charge in [-0.05, 0) is 12.8 Å². The molecule has 0 saturated carbocycles. The first-order valence-electron chi connectivity index (χ1n) is 8.56. The number of nitrogens with two attached hydrogens (primary N) is 1. The minimum atomic E-state index is -4.21. The predicted octanol–water partition coefficient (Wildman–Crippen LogP) is 2.90. The molecule has 0 aliphatic carbocycles. The van der Waals surface area contributed by atoms with Crippen LogP contribution in [0.5, 0.6) is 0 Å². The van der Waals surface area contributed by atoms with E-state index in [2.05, 4.69) is 11.1 Å². The normalized spacial score (nSPS) is 12.8. The summed E-state index contributed by atoms with van der Waals surface area (Å²) in [6.07, 6.45) is 10.4. The Morgan fingerprint density at radius 3 is 1.96 bits per heavy atom. The lowest BCUT2D eigenvalue weighted by atomic mass is 9.98. The molecule has 6 nitrogen and oxygen atoms in total. The Hall–Kier alpha value is -1.11. The SMILES string of the molecule is CCCCCCCCCCC(CC)C(=O)OS(=O)(=O)CC(N)=O. The summed E-state index contributed by atoms with van der Waals surface area (Å²) in [6.45, 7) is 4.00. The zero-order valence-corrected chi connectivity index (χ0v) is 15.2. The molecule has 2 N–H and O–H groups in total. The smallest absolute Gasteiger partial charge is 0.325 e. The standard InChI is InChI=1S/C16H31NO5S/c1-3-5-6-7-8-9-10-11-12-14(4-2)16(19)22-23(20,21)13-15(17)18/h14H,3-13H2,1-2H3,(H2,17,18). The van der Waals surface area contributed by atoms with Crippen LogP contribution in [0.2, 0.25) is 0 Å². The number of hydrogen-bond acceptors (Lipinski definition) is 5. The Morgan fingerprint density at radius 2 is 1.48 bits per heavy atom. The molecule has 136 valence electrons. The number of hydrogen-bond donors (Lipinski definition) is 1. The third kappa shape index (κ3) is 12.0. The van der Waals surface area contributed by atoms with E-state index in [0.717, 1.165) is 19.3 Å². The number of rotatable bonds is 14. The molecule has 0 rings (SSSR count). The van der Waals surface area contributed by atoms with Crippen LogP contribution in [0.25, 0.3) is 0 Å². The molecular formula is C16H31NO5S. The van der Waals surface area contributed by atoms with Gasteiger partial charge in [0.15, 0.2) is 5.75 Å². The second-order valence-electron chi connectivity index (χ2n) is 5.94. The van der Waals surface area contributed by atoms with Crippen molar-refractivity contribution in [1.29, 1.82) is 0 Å². The van der Waals surface area contributed by atoms with Gasteiger partial charge in [-0.2, -0.15) is 8.42 Å². The quantitative estimate of drug-likeness (QED) is 0.383. The van der Waals surface area contributed by atoms with Gasteiger partial charge in [0.25, 0.3) is 0 Å². The maximum atomic E-state index is 11.9. The highest BCUT2D eigenvalue weighted by Crippen LogP contribution is 2.18. The first-order valence-corrected chi connectivity index (χ1v) is 10.1. The second kappa shape index (κ2) is 12.3. The van der Waals surface area contributed by atoms with Crippen molar-refractivity contribution < 1.29 is 22.2 Å². The van der Waals surface area contributed by atoms with Gasteiger partial charge < -0.3 is 9.92 Å². The fourth-order valence-electron chi connectivity index (χ4n) is 2.41. The number of primary amides is 1. The number of unbranched alkanes of at least 4 members (excludes halogenated alkanes) is 7. The molecule has 0 fully saturated rings. The first kappa shape index (κ1) is 21.9. The fraction of sp³-hybridized carbons (Fsp3) is 0.875. The third-order valence-corrected chi connectivity index (χ3v) is 4.82. The van der Waals surface area contributed by atoms with E-state index in [1.165, 1.54) is 32.1 Å². The van der Waals surface area contributed by atoms with Gasteiger partial charge in [0.2, 0.25) is 5.91 Å². The van der Waals surface area contributed by atoms with Gasteiger partial charge in [-0.3, -0.25) is 9.59 Å². The van der Waals surface area contributed by atoms with Crippen molar-refractivity contribution in [3.8, 4) is 0 Å². The lowest BCUT2D eigenvalue weighted by Crippen LogP contribution is -2.28. The molecular weight excluding hydrogens is 318 g/mol. The van der Waals surface area contributed by atoms with Crippen LogP contribution < -0.4 is 5.73 Å². The van der Waals surface area contributed by atoms with Crippen molar-refractivity contribution in [3.63, 3.8) is 0 Å². The minimum absolute atomic E-state index is 0.447. The van der Waals surface area contributed by atoms with Gasteiger partial charge in [-0.15, -0.1) is 0 Å². The number of amides is 1. The van der Waals surface area contributed by atoms with Crippen LogP contribution >= 0.6 is 0 Å². The molecule has 7 heteroatoms. The molecule has 1 amide bonds. The van der Waals surface area contributed by atoms with Crippen molar-refractivity contribution in [1.82, 2.24) is 0 Å². The van der Waals surface area contributed by atoms with Gasteiger partial charge in [0.1, 0.15) is 0 Å². The molecule has 0 aromatic carbocycles. The van der Waals surface area contributed by atoms with Gasteiger partial charge in [-0.1, -0.05) is 65.2 Å². The molecule has 23 heavy (non-hydrogen) atoms. The molecule has 0 saturated heterocycles. The average molecular weight is 349 g/mol. The molecule has 0 aromatic heterocycles. The first-order chi connectivity index (χ1) is 10.8. The van der Waals surface area contributed by atoms with Crippen molar-refractivity contribution in [3.05, 3.63) is 0 Å². The van der Waals surface area contributed by atoms with Crippen LogP contribution in [-0.2, 0) is 23.9 Å². The summed E-state index contributed by atoms with van der Waals surface area (Å²) < 4.78 is 27.3. The molecule has 0 heterocycles. The summed E-state index contributed by atoms with van der Waals surface area (Å²) in [6, 6.07) is 0. The molecule has 0 aliphatic heterocycles. The Labute approximate surface area is 140 Å². The van der Waals surface area contributed by atoms with Crippen LogP contribution in [0, 0.1) is 5.92 Å². The average Bonchev–Trinajstić information content (AvgIpc) is 2.43. The number of carbonyl (C=O) groups excluding carboxylic acids is 2. The molecule has 1 atom stereocenters. The van der Waals surface area contributed by atoms with Crippen molar-refractivity contribution in [2.24, 2.45) is 11.7 Å². The molecule has 0 aliphatic rings. The highest BCUT2D eigenvalue weighted by atomic mass is 32.2. The van der Waals surface area contributed by atoms with E-state index in [0.29, 0.717) is 12.8 Å². The second-order valence-corrected chi connectivity index (χ2v) is 7.51. The monoisotopic (exact) mass is 349 g/mol. The lowest BCUT2D eigenvalue weighted by molar-refractivity contribution is -0.138. The molecule has 0 aromatic rings.